The lowest BCUT2D eigenvalue weighted by Gasteiger charge is -2.42. The predicted octanol–water partition coefficient (Wildman–Crippen LogP) is 3.26. The Morgan fingerprint density at radius 3 is 2.38 bits per heavy atom. The quantitative estimate of drug-likeness (QED) is 0.804. The third-order valence-corrected chi connectivity index (χ3v) is 4.88. The van der Waals surface area contributed by atoms with Crippen molar-refractivity contribution < 1.29 is 14.3 Å². The van der Waals surface area contributed by atoms with E-state index in [1.165, 1.54) is 18.9 Å². The number of carbonyl (C=O) groups is 2. The van der Waals surface area contributed by atoms with Crippen molar-refractivity contribution in [1.82, 2.24) is 5.32 Å². The van der Waals surface area contributed by atoms with E-state index < -0.39 is 0 Å². The lowest BCUT2D eigenvalue weighted by atomic mass is 9.64. The van der Waals surface area contributed by atoms with Crippen LogP contribution < -0.4 is 15.4 Å². The van der Waals surface area contributed by atoms with Crippen LogP contribution in [0.1, 0.15) is 31.7 Å². The van der Waals surface area contributed by atoms with Gasteiger partial charge in [-0.25, -0.2) is 0 Å². The van der Waals surface area contributed by atoms with Crippen LogP contribution in [0.15, 0.2) is 54.6 Å². The predicted molar refractivity (Wildman–Crippen MR) is 101 cm³/mol. The zero-order valence-electron chi connectivity index (χ0n) is 15.0. The molecule has 2 aromatic rings. The van der Waals surface area contributed by atoms with Crippen molar-refractivity contribution in [3.63, 3.8) is 0 Å². The Morgan fingerprint density at radius 2 is 1.73 bits per heavy atom. The summed E-state index contributed by atoms with van der Waals surface area (Å²) in [4.78, 5) is 23.5. The van der Waals surface area contributed by atoms with Crippen LogP contribution >= 0.6 is 0 Å². The van der Waals surface area contributed by atoms with E-state index in [9.17, 15) is 9.59 Å². The molecule has 136 valence electrons. The van der Waals surface area contributed by atoms with Gasteiger partial charge >= 0.3 is 0 Å². The molecule has 0 spiro atoms. The van der Waals surface area contributed by atoms with Crippen LogP contribution in [0.4, 0.5) is 5.69 Å². The molecular weight excluding hydrogens is 328 g/mol. The first kappa shape index (κ1) is 18.0. The Balaban J connectivity index is 1.54. The smallest absolute Gasteiger partial charge is 0.257 e. The number of hydrogen-bond donors (Lipinski definition) is 2. The standard InChI is InChI=1S/C21H24N2O3/c1-16(24)23-18-10-5-6-11-19(18)26-14-20(25)22-15-21(12-7-13-21)17-8-3-2-4-9-17/h2-6,8-11H,7,12-15H2,1H3,(H,22,25)(H,23,24). The highest BCUT2D eigenvalue weighted by molar-refractivity contribution is 5.90. The van der Waals surface area contributed by atoms with E-state index in [4.69, 9.17) is 4.74 Å². The zero-order chi connectivity index (χ0) is 18.4. The molecule has 0 heterocycles. The molecule has 5 heteroatoms. The molecule has 1 aliphatic carbocycles. The van der Waals surface area contributed by atoms with Crippen LogP contribution in [0.5, 0.6) is 5.75 Å². The van der Waals surface area contributed by atoms with Gasteiger partial charge in [0.1, 0.15) is 5.75 Å². The molecule has 5 nitrogen and oxygen atoms in total. The molecular formula is C21H24N2O3. The van der Waals surface area contributed by atoms with E-state index in [0.717, 1.165) is 12.8 Å². The molecule has 2 amide bonds. The van der Waals surface area contributed by atoms with Gasteiger partial charge in [0.2, 0.25) is 5.91 Å². The Bertz CT molecular complexity index is 770. The van der Waals surface area contributed by atoms with Crippen molar-refractivity contribution in [3.8, 4) is 5.75 Å². The number of carbonyl (C=O) groups excluding carboxylic acids is 2. The molecule has 1 fully saturated rings. The number of ether oxygens (including phenoxy) is 1. The Kier molecular flexibility index (Phi) is 5.56. The van der Waals surface area contributed by atoms with E-state index in [-0.39, 0.29) is 23.8 Å². The van der Waals surface area contributed by atoms with E-state index >= 15 is 0 Å². The summed E-state index contributed by atoms with van der Waals surface area (Å²) < 4.78 is 5.60. The highest BCUT2D eigenvalue weighted by Gasteiger charge is 2.38. The van der Waals surface area contributed by atoms with E-state index in [2.05, 4.69) is 22.8 Å². The molecule has 0 aliphatic heterocycles. The number of benzene rings is 2. The van der Waals surface area contributed by atoms with Gasteiger partial charge in [0.15, 0.2) is 6.61 Å². The second-order valence-corrected chi connectivity index (χ2v) is 6.74. The van der Waals surface area contributed by atoms with Crippen molar-refractivity contribution in [1.29, 1.82) is 0 Å². The summed E-state index contributed by atoms with van der Waals surface area (Å²) in [6, 6.07) is 17.4. The Morgan fingerprint density at radius 1 is 1.04 bits per heavy atom. The van der Waals surface area contributed by atoms with Gasteiger partial charge in [-0.1, -0.05) is 48.9 Å². The average Bonchev–Trinajstić information content (AvgIpc) is 2.60. The second kappa shape index (κ2) is 8.04. The molecule has 2 N–H and O–H groups in total. The lowest BCUT2D eigenvalue weighted by molar-refractivity contribution is -0.123. The van der Waals surface area contributed by atoms with Gasteiger partial charge in [-0.2, -0.15) is 0 Å². The number of para-hydroxylation sites is 2. The maximum atomic E-state index is 12.2. The molecule has 0 saturated heterocycles. The molecule has 0 unspecified atom stereocenters. The molecule has 0 atom stereocenters. The number of nitrogens with one attached hydrogen (secondary N) is 2. The molecule has 1 saturated carbocycles. The lowest BCUT2D eigenvalue weighted by Crippen LogP contribution is -2.46. The molecule has 0 radical (unpaired) electrons. The number of amides is 2. The summed E-state index contributed by atoms with van der Waals surface area (Å²) in [5, 5.41) is 5.70. The summed E-state index contributed by atoms with van der Waals surface area (Å²) in [5.41, 5.74) is 1.89. The van der Waals surface area contributed by atoms with E-state index in [0.29, 0.717) is 18.0 Å². The Labute approximate surface area is 153 Å². The highest BCUT2D eigenvalue weighted by atomic mass is 16.5. The fourth-order valence-electron chi connectivity index (χ4n) is 3.31. The van der Waals surface area contributed by atoms with E-state index in [1.807, 2.05) is 18.2 Å². The summed E-state index contributed by atoms with van der Waals surface area (Å²) in [5.74, 6) is 0.143. The molecule has 3 rings (SSSR count). The van der Waals surface area contributed by atoms with Crippen molar-refractivity contribution >= 4 is 17.5 Å². The fraction of sp³-hybridized carbons (Fsp3) is 0.333. The van der Waals surface area contributed by atoms with Crippen LogP contribution in [0.25, 0.3) is 0 Å². The minimum Gasteiger partial charge on any atom is -0.482 e. The van der Waals surface area contributed by atoms with Gasteiger partial charge in [-0.15, -0.1) is 0 Å². The first-order chi connectivity index (χ1) is 12.6. The van der Waals surface area contributed by atoms with Gasteiger partial charge < -0.3 is 15.4 Å². The van der Waals surface area contributed by atoms with Crippen LogP contribution in [0.2, 0.25) is 0 Å². The Hall–Kier alpha value is -2.82. The molecule has 0 bridgehead atoms. The van der Waals surface area contributed by atoms with Gasteiger partial charge in [0, 0.05) is 18.9 Å². The monoisotopic (exact) mass is 352 g/mol. The number of hydrogen-bond acceptors (Lipinski definition) is 3. The summed E-state index contributed by atoms with van der Waals surface area (Å²) in [6.07, 6.45) is 3.36. The minimum atomic E-state index is -0.180. The largest absolute Gasteiger partial charge is 0.482 e. The SMILES string of the molecule is CC(=O)Nc1ccccc1OCC(=O)NCC1(c2ccccc2)CCC1. The summed E-state index contributed by atoms with van der Waals surface area (Å²) >= 11 is 0. The topological polar surface area (TPSA) is 67.4 Å². The summed E-state index contributed by atoms with van der Waals surface area (Å²) in [7, 11) is 0. The van der Waals surface area contributed by atoms with Crippen LogP contribution in [0.3, 0.4) is 0 Å². The van der Waals surface area contributed by atoms with Gasteiger partial charge in [-0.05, 0) is 30.5 Å². The van der Waals surface area contributed by atoms with Gasteiger partial charge in [0.25, 0.3) is 5.91 Å². The maximum absolute atomic E-state index is 12.2. The van der Waals surface area contributed by atoms with Crippen LogP contribution in [0, 0.1) is 0 Å². The van der Waals surface area contributed by atoms with Crippen LogP contribution in [-0.4, -0.2) is 25.0 Å². The second-order valence-electron chi connectivity index (χ2n) is 6.74. The first-order valence-electron chi connectivity index (χ1n) is 8.91. The van der Waals surface area contributed by atoms with Crippen LogP contribution in [-0.2, 0) is 15.0 Å². The van der Waals surface area contributed by atoms with Gasteiger partial charge in [-0.3, -0.25) is 9.59 Å². The normalized spacial score (nSPS) is 14.8. The molecule has 1 aliphatic rings. The van der Waals surface area contributed by atoms with Crippen molar-refractivity contribution in [2.24, 2.45) is 0 Å². The third-order valence-electron chi connectivity index (χ3n) is 4.88. The van der Waals surface area contributed by atoms with Crippen molar-refractivity contribution in [2.75, 3.05) is 18.5 Å². The van der Waals surface area contributed by atoms with Crippen molar-refractivity contribution in [2.45, 2.75) is 31.6 Å². The van der Waals surface area contributed by atoms with Crippen molar-refractivity contribution in [3.05, 3.63) is 60.2 Å². The fourth-order valence-corrected chi connectivity index (χ4v) is 3.31. The van der Waals surface area contributed by atoms with E-state index in [1.54, 1.807) is 24.3 Å². The first-order valence-corrected chi connectivity index (χ1v) is 8.91. The average molecular weight is 352 g/mol. The molecule has 26 heavy (non-hydrogen) atoms. The highest BCUT2D eigenvalue weighted by Crippen LogP contribution is 2.43. The third kappa shape index (κ3) is 4.23. The van der Waals surface area contributed by atoms with Gasteiger partial charge in [0.05, 0.1) is 5.69 Å². The molecule has 2 aromatic carbocycles. The zero-order valence-corrected chi connectivity index (χ0v) is 15.0. The molecule has 0 aromatic heterocycles. The number of anilines is 1. The maximum Gasteiger partial charge on any atom is 0.257 e. The summed E-state index contributed by atoms with van der Waals surface area (Å²) in [6.45, 7) is 1.97. The number of rotatable bonds is 7. The minimum absolute atomic E-state index is 0.0466.